The lowest BCUT2D eigenvalue weighted by atomic mass is 9.88. The SMILES string of the molecule is CC(=O)Nc1cccc(SC(C)(C)B(I)SN)c1. The fraction of sp³-hybridized carbons (Fsp3) is 0.364. The average Bonchev–Trinajstić information content (AvgIpc) is 2.26. The predicted octanol–water partition coefficient (Wildman–Crippen LogP) is 3.59. The molecule has 0 heterocycles. The first-order valence-corrected chi connectivity index (χ1v) is 8.42. The van der Waals surface area contributed by atoms with E-state index in [0.29, 0.717) is 3.85 Å². The van der Waals surface area contributed by atoms with Crippen molar-refractivity contribution in [2.24, 2.45) is 5.14 Å². The van der Waals surface area contributed by atoms with Gasteiger partial charge in [-0.25, -0.2) is 0 Å². The second-order valence-corrected chi connectivity index (χ2v) is 8.93. The molecule has 1 aromatic rings. The molecule has 1 aromatic carbocycles. The summed E-state index contributed by atoms with van der Waals surface area (Å²) in [5, 5.41) is 8.44. The molecule has 0 aliphatic carbocycles. The monoisotopic (exact) mass is 394 g/mol. The molecule has 3 nitrogen and oxygen atoms in total. The summed E-state index contributed by atoms with van der Waals surface area (Å²) in [5.74, 6) is -0.0549. The molecule has 18 heavy (non-hydrogen) atoms. The highest BCUT2D eigenvalue weighted by atomic mass is 127. The molecule has 0 unspecified atom stereocenters. The third-order valence-corrected chi connectivity index (χ3v) is 7.29. The normalized spacial score (nSPS) is 11.2. The van der Waals surface area contributed by atoms with E-state index in [1.165, 1.54) is 18.7 Å². The minimum Gasteiger partial charge on any atom is -0.326 e. The Balaban J connectivity index is 2.81. The maximum absolute atomic E-state index is 11.0. The fourth-order valence-corrected chi connectivity index (χ4v) is 3.41. The second-order valence-electron chi connectivity index (χ2n) is 4.37. The van der Waals surface area contributed by atoms with Gasteiger partial charge in [-0.3, -0.25) is 9.93 Å². The summed E-state index contributed by atoms with van der Waals surface area (Å²) >= 11 is 5.47. The molecule has 0 aliphatic heterocycles. The van der Waals surface area contributed by atoms with Gasteiger partial charge in [0.05, 0.1) is 0 Å². The minimum atomic E-state index is -0.0549. The summed E-state index contributed by atoms with van der Waals surface area (Å²) in [7, 11) is 0. The van der Waals surface area contributed by atoms with E-state index < -0.39 is 0 Å². The number of hydrogen-bond donors (Lipinski definition) is 2. The molecule has 0 spiro atoms. The van der Waals surface area contributed by atoms with Gasteiger partial charge in [-0.15, -0.1) is 45.9 Å². The van der Waals surface area contributed by atoms with E-state index in [0.717, 1.165) is 10.6 Å². The van der Waals surface area contributed by atoms with Gasteiger partial charge < -0.3 is 5.32 Å². The number of rotatable bonds is 5. The Labute approximate surface area is 130 Å². The number of amides is 1. The maximum Gasteiger partial charge on any atom is 0.316 e. The van der Waals surface area contributed by atoms with Gasteiger partial charge in [-0.1, -0.05) is 19.9 Å². The van der Waals surface area contributed by atoms with Crippen molar-refractivity contribution < 1.29 is 4.79 Å². The van der Waals surface area contributed by atoms with E-state index in [-0.39, 0.29) is 10.6 Å². The zero-order valence-corrected chi connectivity index (χ0v) is 14.4. The molecule has 0 aromatic heterocycles. The largest absolute Gasteiger partial charge is 0.326 e. The summed E-state index contributed by atoms with van der Waals surface area (Å²) in [5.41, 5.74) is 0.828. The lowest BCUT2D eigenvalue weighted by molar-refractivity contribution is -0.114. The number of benzene rings is 1. The molecule has 3 N–H and O–H groups in total. The third kappa shape index (κ3) is 5.03. The Hall–Kier alpha value is 0.145. The number of nitrogens with one attached hydrogen (secondary N) is 1. The number of nitrogens with two attached hydrogens (primary N) is 1. The Kier molecular flexibility index (Phi) is 6.36. The first-order chi connectivity index (χ1) is 8.35. The van der Waals surface area contributed by atoms with E-state index in [4.69, 9.17) is 5.14 Å². The minimum absolute atomic E-state index is 0.0226. The van der Waals surface area contributed by atoms with Crippen LogP contribution in [0.3, 0.4) is 0 Å². The third-order valence-electron chi connectivity index (χ3n) is 2.20. The molecule has 0 saturated carbocycles. The lowest BCUT2D eigenvalue weighted by Gasteiger charge is -2.25. The van der Waals surface area contributed by atoms with Crippen LogP contribution in [0.25, 0.3) is 0 Å². The van der Waals surface area contributed by atoms with Crippen LogP contribution in [0.1, 0.15) is 20.8 Å². The molecule has 0 fully saturated rings. The maximum atomic E-state index is 11.0. The van der Waals surface area contributed by atoms with E-state index in [2.05, 4.69) is 41.5 Å². The highest BCUT2D eigenvalue weighted by Gasteiger charge is 2.32. The fourth-order valence-electron chi connectivity index (χ4n) is 1.35. The second kappa shape index (κ2) is 7.07. The number of thioether (sulfide) groups is 1. The number of carbonyl (C=O) groups excluding carboxylic acids is 1. The van der Waals surface area contributed by atoms with Crippen LogP contribution >= 0.6 is 45.9 Å². The Morgan fingerprint density at radius 3 is 2.72 bits per heavy atom. The Bertz CT molecular complexity index is 431. The summed E-state index contributed by atoms with van der Waals surface area (Å²) in [4.78, 5) is 12.2. The summed E-state index contributed by atoms with van der Waals surface area (Å²) in [6.45, 7) is 5.84. The van der Waals surface area contributed by atoms with Gasteiger partial charge in [0.15, 0.2) is 0 Å². The van der Waals surface area contributed by atoms with E-state index in [1.54, 1.807) is 11.8 Å². The van der Waals surface area contributed by atoms with Gasteiger partial charge in [0.1, 0.15) is 0 Å². The Morgan fingerprint density at radius 1 is 1.50 bits per heavy atom. The zero-order chi connectivity index (χ0) is 13.8. The van der Waals surface area contributed by atoms with Crippen LogP contribution in [-0.2, 0) is 4.79 Å². The van der Waals surface area contributed by atoms with Gasteiger partial charge in [0.2, 0.25) is 5.91 Å². The van der Waals surface area contributed by atoms with Crippen molar-refractivity contribution in [2.45, 2.75) is 30.3 Å². The van der Waals surface area contributed by atoms with Crippen molar-refractivity contribution in [3.63, 3.8) is 0 Å². The summed E-state index contributed by atoms with van der Waals surface area (Å²) in [6, 6.07) is 7.86. The molecule has 7 heteroatoms. The molecule has 0 saturated heterocycles. The number of hydrogen-bond acceptors (Lipinski definition) is 4. The van der Waals surface area contributed by atoms with Gasteiger partial charge in [0.25, 0.3) is 0 Å². The first-order valence-electron chi connectivity index (χ1n) is 5.41. The molecule has 1 amide bonds. The predicted molar refractivity (Wildman–Crippen MR) is 92.2 cm³/mol. The lowest BCUT2D eigenvalue weighted by Crippen LogP contribution is -2.30. The van der Waals surface area contributed by atoms with E-state index >= 15 is 0 Å². The molecule has 98 valence electrons. The van der Waals surface area contributed by atoms with Gasteiger partial charge in [-0.2, -0.15) is 0 Å². The van der Waals surface area contributed by atoms with Crippen LogP contribution in [0.4, 0.5) is 5.69 Å². The molecule has 1 rings (SSSR count). The van der Waals surface area contributed by atoms with Crippen molar-refractivity contribution in [2.75, 3.05) is 5.32 Å². The average molecular weight is 394 g/mol. The van der Waals surface area contributed by atoms with Crippen LogP contribution in [0, 0.1) is 0 Å². The van der Waals surface area contributed by atoms with Gasteiger partial charge in [-0.05, 0) is 18.2 Å². The van der Waals surface area contributed by atoms with Crippen LogP contribution in [0.2, 0.25) is 0 Å². The van der Waals surface area contributed by atoms with Crippen LogP contribution in [0.15, 0.2) is 29.2 Å². The van der Waals surface area contributed by atoms with Crippen LogP contribution < -0.4 is 10.5 Å². The van der Waals surface area contributed by atoms with Crippen molar-refractivity contribution in [3.05, 3.63) is 24.3 Å². The molecular formula is C11H16BIN2OS2. The zero-order valence-electron chi connectivity index (χ0n) is 10.6. The molecule has 0 bridgehead atoms. The summed E-state index contributed by atoms with van der Waals surface area (Å²) < 4.78 is 0.332. The number of anilines is 1. The van der Waals surface area contributed by atoms with Crippen LogP contribution in [-0.4, -0.2) is 14.4 Å². The molecule has 0 atom stereocenters. The number of carbonyl (C=O) groups is 1. The molecule has 0 aliphatic rings. The topological polar surface area (TPSA) is 55.1 Å². The smallest absolute Gasteiger partial charge is 0.316 e. The van der Waals surface area contributed by atoms with Gasteiger partial charge in [0, 0.05) is 22.2 Å². The molecular weight excluding hydrogens is 378 g/mol. The highest BCUT2D eigenvalue weighted by molar-refractivity contribution is 14.1. The van der Waals surface area contributed by atoms with Crippen molar-refractivity contribution in [1.29, 1.82) is 0 Å². The van der Waals surface area contributed by atoms with Crippen LogP contribution in [0.5, 0.6) is 0 Å². The number of halogens is 1. The quantitative estimate of drug-likeness (QED) is 0.347. The van der Waals surface area contributed by atoms with E-state index in [9.17, 15) is 4.79 Å². The standard InChI is InChI=1S/C11H16BIN2OS2/c1-8(16)15-9-5-4-6-10(7-9)17-11(2,3)12(13)18-14/h4-7H,14H2,1-3H3,(H,15,16). The van der Waals surface area contributed by atoms with Crippen molar-refractivity contribution in [3.8, 4) is 0 Å². The van der Waals surface area contributed by atoms with Crippen molar-refractivity contribution >= 4 is 61.4 Å². The van der Waals surface area contributed by atoms with Gasteiger partial charge >= 0.3 is 3.85 Å². The van der Waals surface area contributed by atoms with Crippen molar-refractivity contribution in [1.82, 2.24) is 0 Å². The first kappa shape index (κ1) is 16.2. The highest BCUT2D eigenvalue weighted by Crippen LogP contribution is 2.39. The molecule has 0 radical (unpaired) electrons. The Morgan fingerprint density at radius 2 is 2.17 bits per heavy atom. The van der Waals surface area contributed by atoms with E-state index in [1.807, 2.05) is 24.3 Å². The summed E-state index contributed by atoms with van der Waals surface area (Å²) in [6.07, 6.45) is 0.